The second kappa shape index (κ2) is 5.90. The molecule has 2 rings (SSSR count). The smallest absolute Gasteiger partial charge is 0.213 e. The quantitative estimate of drug-likeness (QED) is 0.869. The molecule has 1 fully saturated rings. The van der Waals surface area contributed by atoms with Crippen molar-refractivity contribution in [2.45, 2.75) is 31.1 Å². The van der Waals surface area contributed by atoms with Gasteiger partial charge in [-0.2, -0.15) is 0 Å². The van der Waals surface area contributed by atoms with Crippen molar-refractivity contribution in [3.63, 3.8) is 0 Å². The number of benzene rings is 1. The van der Waals surface area contributed by atoms with Crippen molar-refractivity contribution in [1.82, 2.24) is 5.32 Å². The molecule has 6 heteroatoms. The van der Waals surface area contributed by atoms with E-state index in [1.807, 2.05) is 31.2 Å². The van der Waals surface area contributed by atoms with Gasteiger partial charge < -0.3 is 10.1 Å². The molecule has 1 saturated heterocycles. The maximum absolute atomic E-state index is 11.3. The molecule has 0 amide bonds. The van der Waals surface area contributed by atoms with Gasteiger partial charge in [0, 0.05) is 12.6 Å². The van der Waals surface area contributed by atoms with Crippen LogP contribution in [-0.4, -0.2) is 26.8 Å². The molecule has 0 aromatic heterocycles. The maximum Gasteiger partial charge on any atom is 0.213 e. The molecule has 3 N–H and O–H groups in total. The lowest BCUT2D eigenvalue weighted by molar-refractivity contribution is 0.338. The number of rotatable bonds is 4. The molecule has 2 unspecified atom stereocenters. The molecule has 1 heterocycles. The maximum atomic E-state index is 11.3. The summed E-state index contributed by atoms with van der Waals surface area (Å²) in [6.45, 7) is 2.99. The Morgan fingerprint density at radius 1 is 1.42 bits per heavy atom. The first-order chi connectivity index (χ1) is 9.00. The van der Waals surface area contributed by atoms with E-state index in [9.17, 15) is 8.42 Å². The van der Waals surface area contributed by atoms with Crippen LogP contribution in [0.5, 0.6) is 5.75 Å². The van der Waals surface area contributed by atoms with Gasteiger partial charge in [0.15, 0.2) is 0 Å². The first kappa shape index (κ1) is 14.3. The molecule has 0 spiro atoms. The molecule has 5 nitrogen and oxygen atoms in total. The van der Waals surface area contributed by atoms with Crippen LogP contribution in [0.3, 0.4) is 0 Å². The molecule has 1 aliphatic heterocycles. The molecule has 19 heavy (non-hydrogen) atoms. The van der Waals surface area contributed by atoms with E-state index in [-0.39, 0.29) is 6.04 Å². The number of piperidine rings is 1. The summed E-state index contributed by atoms with van der Waals surface area (Å²) >= 11 is 0. The first-order valence-electron chi connectivity index (χ1n) is 6.48. The van der Waals surface area contributed by atoms with Crippen LogP contribution < -0.4 is 15.2 Å². The highest BCUT2D eigenvalue weighted by Crippen LogP contribution is 2.27. The molecule has 1 aromatic rings. The fraction of sp³-hybridized carbons (Fsp3) is 0.538. The monoisotopic (exact) mass is 284 g/mol. The van der Waals surface area contributed by atoms with Gasteiger partial charge in [0.2, 0.25) is 10.0 Å². The molecule has 106 valence electrons. The minimum atomic E-state index is -3.44. The molecule has 2 atom stereocenters. The van der Waals surface area contributed by atoms with Gasteiger partial charge in [-0.3, -0.25) is 0 Å². The van der Waals surface area contributed by atoms with Crippen LogP contribution in [0, 0.1) is 0 Å². The predicted octanol–water partition coefficient (Wildman–Crippen LogP) is 1.17. The Balaban J connectivity index is 2.03. The fourth-order valence-electron chi connectivity index (χ4n) is 2.38. The Morgan fingerprint density at radius 2 is 2.21 bits per heavy atom. The van der Waals surface area contributed by atoms with E-state index in [0.717, 1.165) is 17.7 Å². The molecular formula is C13H20N2O3S. The zero-order valence-corrected chi connectivity index (χ0v) is 11.8. The summed E-state index contributed by atoms with van der Waals surface area (Å²) in [4.78, 5) is 0. The average molecular weight is 284 g/mol. The van der Waals surface area contributed by atoms with Crippen LogP contribution >= 0.6 is 0 Å². The van der Waals surface area contributed by atoms with Gasteiger partial charge in [0.25, 0.3) is 0 Å². The lowest BCUT2D eigenvalue weighted by atomic mass is 9.97. The van der Waals surface area contributed by atoms with E-state index >= 15 is 0 Å². The molecule has 0 radical (unpaired) electrons. The van der Waals surface area contributed by atoms with Crippen LogP contribution in [0.15, 0.2) is 24.3 Å². The Kier molecular flexibility index (Phi) is 4.44. The summed E-state index contributed by atoms with van der Waals surface area (Å²) in [7, 11) is -3.44. The van der Waals surface area contributed by atoms with Crippen molar-refractivity contribution in [3.05, 3.63) is 29.8 Å². The van der Waals surface area contributed by atoms with Crippen molar-refractivity contribution in [3.8, 4) is 5.75 Å². The second-order valence-corrected chi connectivity index (χ2v) is 6.60. The van der Waals surface area contributed by atoms with E-state index in [4.69, 9.17) is 9.88 Å². The number of nitrogens with one attached hydrogen (secondary N) is 1. The molecule has 0 aliphatic carbocycles. The zero-order valence-electron chi connectivity index (χ0n) is 11.0. The summed E-state index contributed by atoms with van der Waals surface area (Å²) in [5, 5.41) is 7.94. The highest BCUT2D eigenvalue weighted by atomic mass is 32.2. The molecule has 0 saturated carbocycles. The summed E-state index contributed by atoms with van der Waals surface area (Å²) < 4.78 is 28.0. The Labute approximate surface area is 114 Å². The van der Waals surface area contributed by atoms with Crippen molar-refractivity contribution >= 4 is 10.0 Å². The Morgan fingerprint density at radius 3 is 2.79 bits per heavy atom. The number of hydrogen-bond donors (Lipinski definition) is 2. The van der Waals surface area contributed by atoms with Gasteiger partial charge in [-0.25, -0.2) is 13.6 Å². The topological polar surface area (TPSA) is 81.4 Å². The van der Waals surface area contributed by atoms with E-state index in [0.29, 0.717) is 19.6 Å². The number of ether oxygens (including phenoxy) is 1. The van der Waals surface area contributed by atoms with Crippen molar-refractivity contribution in [2.75, 3.05) is 13.2 Å². The molecule has 1 aliphatic rings. The minimum absolute atomic E-state index is 0.165. The van der Waals surface area contributed by atoms with Crippen LogP contribution in [0.4, 0.5) is 0 Å². The number of sulfonamides is 1. The third-order valence-electron chi connectivity index (χ3n) is 3.41. The molecule has 1 aromatic carbocycles. The van der Waals surface area contributed by atoms with E-state index in [1.54, 1.807) is 0 Å². The van der Waals surface area contributed by atoms with Crippen molar-refractivity contribution in [1.29, 1.82) is 0 Å². The summed E-state index contributed by atoms with van der Waals surface area (Å²) in [6.07, 6.45) is 1.35. The van der Waals surface area contributed by atoms with Crippen LogP contribution in [0.1, 0.15) is 31.4 Å². The highest BCUT2D eigenvalue weighted by Gasteiger charge is 2.28. The van der Waals surface area contributed by atoms with Crippen molar-refractivity contribution in [2.24, 2.45) is 5.14 Å². The van der Waals surface area contributed by atoms with Crippen LogP contribution in [0.2, 0.25) is 0 Å². The van der Waals surface area contributed by atoms with Gasteiger partial charge in [-0.05, 0) is 37.5 Å². The van der Waals surface area contributed by atoms with Gasteiger partial charge >= 0.3 is 0 Å². The molecular weight excluding hydrogens is 264 g/mol. The normalized spacial score (nSPS) is 24.1. The number of hydrogen-bond acceptors (Lipinski definition) is 4. The van der Waals surface area contributed by atoms with Gasteiger partial charge in [0.05, 0.1) is 11.9 Å². The SMILES string of the molecule is CCOc1cccc(C2CCC(S(N)(=O)=O)CN2)c1. The Bertz CT molecular complexity index is 522. The van der Waals surface area contributed by atoms with E-state index < -0.39 is 15.3 Å². The van der Waals surface area contributed by atoms with Gasteiger partial charge in [-0.1, -0.05) is 12.1 Å². The predicted molar refractivity (Wildman–Crippen MR) is 74.5 cm³/mol. The standard InChI is InChI=1S/C13H20N2O3S/c1-2-18-11-5-3-4-10(8-11)13-7-6-12(9-15-13)19(14,16)17/h3-5,8,12-13,15H,2,6-7,9H2,1H3,(H2,14,16,17). The summed E-state index contributed by atoms with van der Waals surface area (Å²) in [5.41, 5.74) is 1.12. The zero-order chi connectivity index (χ0) is 13.9. The van der Waals surface area contributed by atoms with E-state index in [2.05, 4.69) is 5.32 Å². The Hall–Kier alpha value is -1.11. The van der Waals surface area contributed by atoms with Crippen LogP contribution in [-0.2, 0) is 10.0 Å². The average Bonchev–Trinajstić information content (AvgIpc) is 2.39. The van der Waals surface area contributed by atoms with Gasteiger partial charge in [-0.15, -0.1) is 0 Å². The van der Waals surface area contributed by atoms with E-state index in [1.165, 1.54) is 0 Å². The number of nitrogens with two attached hydrogens (primary N) is 1. The molecule has 0 bridgehead atoms. The largest absolute Gasteiger partial charge is 0.494 e. The lowest BCUT2D eigenvalue weighted by Gasteiger charge is -2.29. The highest BCUT2D eigenvalue weighted by molar-refractivity contribution is 7.89. The number of primary sulfonamides is 1. The van der Waals surface area contributed by atoms with Crippen LogP contribution in [0.25, 0.3) is 0 Å². The second-order valence-electron chi connectivity index (χ2n) is 4.75. The van der Waals surface area contributed by atoms with Crippen molar-refractivity contribution < 1.29 is 13.2 Å². The lowest BCUT2D eigenvalue weighted by Crippen LogP contribution is -2.43. The summed E-state index contributed by atoms with van der Waals surface area (Å²) in [6, 6.07) is 8.06. The fourth-order valence-corrected chi connectivity index (χ4v) is 3.18. The third-order valence-corrected chi connectivity index (χ3v) is 4.74. The summed E-state index contributed by atoms with van der Waals surface area (Å²) in [5.74, 6) is 0.843. The third kappa shape index (κ3) is 3.68. The minimum Gasteiger partial charge on any atom is -0.494 e. The van der Waals surface area contributed by atoms with Gasteiger partial charge in [0.1, 0.15) is 5.75 Å². The first-order valence-corrected chi connectivity index (χ1v) is 8.09.